The zero-order chi connectivity index (χ0) is 19.6. The molecule has 0 atom stereocenters. The van der Waals surface area contributed by atoms with Gasteiger partial charge in [0.25, 0.3) is 0 Å². The van der Waals surface area contributed by atoms with E-state index in [-0.39, 0.29) is 17.7 Å². The Hall–Kier alpha value is -3.41. The molecule has 0 aliphatic rings. The molecule has 2 aromatic carbocycles. The number of benzene rings is 2. The van der Waals surface area contributed by atoms with Crippen molar-refractivity contribution in [2.45, 2.75) is 26.7 Å². The molecular weight excluding hydrogens is 342 g/mol. The van der Waals surface area contributed by atoms with Crippen LogP contribution in [0.2, 0.25) is 0 Å². The van der Waals surface area contributed by atoms with E-state index >= 15 is 0 Å². The van der Waals surface area contributed by atoms with Crippen LogP contribution in [0.3, 0.4) is 0 Å². The van der Waals surface area contributed by atoms with E-state index in [0.29, 0.717) is 23.5 Å². The zero-order valence-corrected chi connectivity index (χ0v) is 15.4. The Morgan fingerprint density at radius 2 is 1.56 bits per heavy atom. The van der Waals surface area contributed by atoms with Crippen LogP contribution in [0.15, 0.2) is 54.6 Å². The molecule has 140 valence electrons. The van der Waals surface area contributed by atoms with E-state index in [0.717, 1.165) is 12.0 Å². The summed E-state index contributed by atoms with van der Waals surface area (Å²) in [5, 5.41) is 8.24. The van der Waals surface area contributed by atoms with Gasteiger partial charge in [-0.05, 0) is 48.4 Å². The second-order valence-electron chi connectivity index (χ2n) is 6.00. The Bertz CT molecular complexity index is 842. The third kappa shape index (κ3) is 7.15. The number of carbonyl (C=O) groups excluding carboxylic acids is 3. The van der Waals surface area contributed by atoms with Gasteiger partial charge in [0.1, 0.15) is 0 Å². The number of rotatable bonds is 7. The van der Waals surface area contributed by atoms with E-state index < -0.39 is 0 Å². The highest BCUT2D eigenvalue weighted by Gasteiger charge is 2.03. The van der Waals surface area contributed by atoms with Gasteiger partial charge in [0.05, 0.1) is 0 Å². The minimum absolute atomic E-state index is 0.0522. The van der Waals surface area contributed by atoms with Gasteiger partial charge in [-0.2, -0.15) is 0 Å². The van der Waals surface area contributed by atoms with Crippen molar-refractivity contribution in [2.24, 2.45) is 0 Å². The van der Waals surface area contributed by atoms with Gasteiger partial charge in [0.15, 0.2) is 0 Å². The second-order valence-corrected chi connectivity index (χ2v) is 6.00. The lowest BCUT2D eigenvalue weighted by atomic mass is 10.2. The topological polar surface area (TPSA) is 87.3 Å². The highest BCUT2D eigenvalue weighted by atomic mass is 16.2. The number of anilines is 3. The standard InChI is InChI=1S/C21H23N3O3/c1-3-5-20(26)23-18-6-4-7-19(14-18)24-21(27)13-10-16-8-11-17(12-9-16)22-15(2)25/h4,6-14H,3,5H2,1-2H3,(H,22,25)(H,23,26)(H,24,27). The first-order chi connectivity index (χ1) is 13.0. The maximum Gasteiger partial charge on any atom is 0.248 e. The molecule has 0 unspecified atom stereocenters. The second kappa shape index (κ2) is 9.91. The Morgan fingerprint density at radius 3 is 2.19 bits per heavy atom. The first-order valence-corrected chi connectivity index (χ1v) is 8.73. The van der Waals surface area contributed by atoms with Crippen LogP contribution < -0.4 is 16.0 Å². The van der Waals surface area contributed by atoms with Crippen molar-refractivity contribution < 1.29 is 14.4 Å². The van der Waals surface area contributed by atoms with E-state index in [2.05, 4.69) is 16.0 Å². The molecule has 27 heavy (non-hydrogen) atoms. The third-order valence-corrected chi connectivity index (χ3v) is 3.55. The van der Waals surface area contributed by atoms with Gasteiger partial charge >= 0.3 is 0 Å². The number of nitrogens with one attached hydrogen (secondary N) is 3. The molecule has 0 spiro atoms. The molecule has 0 aliphatic carbocycles. The predicted molar refractivity (Wildman–Crippen MR) is 108 cm³/mol. The molecule has 0 aliphatic heterocycles. The highest BCUT2D eigenvalue weighted by molar-refractivity contribution is 6.02. The Morgan fingerprint density at radius 1 is 0.889 bits per heavy atom. The molecule has 6 heteroatoms. The van der Waals surface area contributed by atoms with Gasteiger partial charge in [-0.15, -0.1) is 0 Å². The lowest BCUT2D eigenvalue weighted by Gasteiger charge is -2.07. The maximum absolute atomic E-state index is 12.1. The fourth-order valence-electron chi connectivity index (χ4n) is 2.36. The van der Waals surface area contributed by atoms with Crippen LogP contribution >= 0.6 is 0 Å². The molecule has 0 saturated heterocycles. The van der Waals surface area contributed by atoms with Crippen molar-refractivity contribution in [3.05, 3.63) is 60.2 Å². The van der Waals surface area contributed by atoms with Gasteiger partial charge in [-0.1, -0.05) is 25.1 Å². The van der Waals surface area contributed by atoms with Crippen LogP contribution in [0.1, 0.15) is 32.3 Å². The van der Waals surface area contributed by atoms with Crippen molar-refractivity contribution in [2.75, 3.05) is 16.0 Å². The number of amides is 3. The molecule has 3 N–H and O–H groups in total. The normalized spacial score (nSPS) is 10.4. The maximum atomic E-state index is 12.1. The van der Waals surface area contributed by atoms with Crippen molar-refractivity contribution >= 4 is 40.9 Å². The molecule has 0 heterocycles. The number of carbonyl (C=O) groups is 3. The average molecular weight is 365 g/mol. The van der Waals surface area contributed by atoms with Crippen molar-refractivity contribution in [3.63, 3.8) is 0 Å². The number of hydrogen-bond donors (Lipinski definition) is 3. The summed E-state index contributed by atoms with van der Waals surface area (Å²) < 4.78 is 0. The molecule has 0 fully saturated rings. The van der Waals surface area contributed by atoms with Gasteiger partial charge in [-0.25, -0.2) is 0 Å². The molecule has 2 aromatic rings. The molecular formula is C21H23N3O3. The molecule has 3 amide bonds. The van der Waals surface area contributed by atoms with E-state index in [1.54, 1.807) is 54.6 Å². The van der Waals surface area contributed by atoms with Crippen LogP contribution in [-0.2, 0) is 14.4 Å². The van der Waals surface area contributed by atoms with Gasteiger partial charge in [0.2, 0.25) is 17.7 Å². The molecule has 0 bridgehead atoms. The predicted octanol–water partition coefficient (Wildman–Crippen LogP) is 4.04. The summed E-state index contributed by atoms with van der Waals surface area (Å²) in [4.78, 5) is 34.7. The average Bonchev–Trinajstić information content (AvgIpc) is 2.61. The Kier molecular flexibility index (Phi) is 7.31. The van der Waals surface area contributed by atoms with E-state index in [1.807, 2.05) is 6.92 Å². The first kappa shape index (κ1) is 19.9. The highest BCUT2D eigenvalue weighted by Crippen LogP contribution is 2.16. The van der Waals surface area contributed by atoms with Crippen molar-refractivity contribution in [1.82, 2.24) is 0 Å². The SMILES string of the molecule is CCCC(=O)Nc1cccc(NC(=O)C=Cc2ccc(NC(C)=O)cc2)c1. The Labute approximate surface area is 158 Å². The van der Waals surface area contributed by atoms with E-state index in [9.17, 15) is 14.4 Å². The molecule has 6 nitrogen and oxygen atoms in total. The van der Waals surface area contributed by atoms with Crippen LogP contribution in [0.25, 0.3) is 6.08 Å². The lowest BCUT2D eigenvalue weighted by Crippen LogP contribution is -2.12. The quantitative estimate of drug-likeness (QED) is 0.647. The third-order valence-electron chi connectivity index (χ3n) is 3.55. The smallest absolute Gasteiger partial charge is 0.248 e. The van der Waals surface area contributed by atoms with E-state index in [1.165, 1.54) is 13.0 Å². The fourth-order valence-corrected chi connectivity index (χ4v) is 2.36. The largest absolute Gasteiger partial charge is 0.326 e. The van der Waals surface area contributed by atoms with Crippen molar-refractivity contribution in [3.8, 4) is 0 Å². The lowest BCUT2D eigenvalue weighted by molar-refractivity contribution is -0.116. The first-order valence-electron chi connectivity index (χ1n) is 8.73. The van der Waals surface area contributed by atoms with E-state index in [4.69, 9.17) is 0 Å². The van der Waals surface area contributed by atoms with Crippen LogP contribution in [0.4, 0.5) is 17.1 Å². The number of hydrogen-bond acceptors (Lipinski definition) is 3. The summed E-state index contributed by atoms with van der Waals surface area (Å²) in [6.45, 7) is 3.39. The summed E-state index contributed by atoms with van der Waals surface area (Å²) in [6.07, 6.45) is 4.34. The summed E-state index contributed by atoms with van der Waals surface area (Å²) in [5.74, 6) is -0.465. The Balaban J connectivity index is 1.94. The molecule has 2 rings (SSSR count). The van der Waals surface area contributed by atoms with Gasteiger partial charge in [-0.3, -0.25) is 14.4 Å². The zero-order valence-electron chi connectivity index (χ0n) is 15.4. The summed E-state index contributed by atoms with van der Waals surface area (Å²) in [6, 6.07) is 14.1. The van der Waals surface area contributed by atoms with Crippen LogP contribution in [0.5, 0.6) is 0 Å². The molecule has 0 radical (unpaired) electrons. The summed E-state index contributed by atoms with van der Waals surface area (Å²) in [5.41, 5.74) is 2.77. The summed E-state index contributed by atoms with van der Waals surface area (Å²) >= 11 is 0. The van der Waals surface area contributed by atoms with Crippen molar-refractivity contribution in [1.29, 1.82) is 0 Å². The van der Waals surface area contributed by atoms with Gasteiger partial charge < -0.3 is 16.0 Å². The van der Waals surface area contributed by atoms with Crippen LogP contribution in [-0.4, -0.2) is 17.7 Å². The van der Waals surface area contributed by atoms with Gasteiger partial charge in [0, 0.05) is 36.5 Å². The minimum Gasteiger partial charge on any atom is -0.326 e. The minimum atomic E-state index is -0.280. The summed E-state index contributed by atoms with van der Waals surface area (Å²) in [7, 11) is 0. The molecule has 0 saturated carbocycles. The van der Waals surface area contributed by atoms with Crippen LogP contribution in [0, 0.1) is 0 Å². The monoisotopic (exact) mass is 365 g/mol. The fraction of sp³-hybridized carbons (Fsp3) is 0.190. The molecule has 0 aromatic heterocycles.